The standard InChI is InChI=1S/C16H16ClF2N/c1-20-15(9-12-4-2-3-5-16(12)17)8-11-6-13(18)10-14(19)7-11/h2-7,10,15,20H,8-9H2,1H3. The highest BCUT2D eigenvalue weighted by Gasteiger charge is 2.12. The highest BCUT2D eigenvalue weighted by Crippen LogP contribution is 2.18. The average molecular weight is 296 g/mol. The minimum absolute atomic E-state index is 0.0658. The minimum atomic E-state index is -0.549. The first-order valence-electron chi connectivity index (χ1n) is 6.44. The van der Waals surface area contributed by atoms with E-state index in [9.17, 15) is 8.78 Å². The highest BCUT2D eigenvalue weighted by molar-refractivity contribution is 6.31. The van der Waals surface area contributed by atoms with Crippen molar-refractivity contribution in [2.24, 2.45) is 0 Å². The van der Waals surface area contributed by atoms with Crippen LogP contribution in [0.5, 0.6) is 0 Å². The van der Waals surface area contributed by atoms with Gasteiger partial charge in [0.05, 0.1) is 0 Å². The van der Waals surface area contributed by atoms with Crippen LogP contribution in [0.15, 0.2) is 42.5 Å². The van der Waals surface area contributed by atoms with E-state index in [-0.39, 0.29) is 6.04 Å². The monoisotopic (exact) mass is 295 g/mol. The fourth-order valence-electron chi connectivity index (χ4n) is 2.22. The molecule has 0 fully saturated rings. The number of halogens is 3. The van der Waals surface area contributed by atoms with Crippen LogP contribution in [0.2, 0.25) is 5.02 Å². The lowest BCUT2D eigenvalue weighted by Crippen LogP contribution is -2.30. The summed E-state index contributed by atoms with van der Waals surface area (Å²) >= 11 is 6.13. The Kier molecular flexibility index (Phi) is 5.10. The van der Waals surface area contributed by atoms with Crippen LogP contribution in [0.4, 0.5) is 8.78 Å². The molecule has 2 rings (SSSR count). The maximum absolute atomic E-state index is 13.2. The van der Waals surface area contributed by atoms with Gasteiger partial charge in [-0.3, -0.25) is 0 Å². The van der Waals surface area contributed by atoms with Gasteiger partial charge in [0.2, 0.25) is 0 Å². The molecule has 1 nitrogen and oxygen atoms in total. The molecular formula is C16H16ClF2N. The summed E-state index contributed by atoms with van der Waals surface area (Å²) in [5, 5.41) is 3.87. The van der Waals surface area contributed by atoms with E-state index in [1.165, 1.54) is 12.1 Å². The number of hydrogen-bond acceptors (Lipinski definition) is 1. The van der Waals surface area contributed by atoms with Crippen molar-refractivity contribution in [1.29, 1.82) is 0 Å². The summed E-state index contributed by atoms with van der Waals surface area (Å²) in [7, 11) is 1.83. The van der Waals surface area contributed by atoms with Gasteiger partial charge in [0, 0.05) is 17.1 Å². The second-order valence-corrected chi connectivity index (χ2v) is 5.17. The molecule has 0 radical (unpaired) electrons. The predicted molar refractivity (Wildman–Crippen MR) is 78.1 cm³/mol. The number of benzene rings is 2. The molecule has 1 N–H and O–H groups in total. The van der Waals surface area contributed by atoms with Gasteiger partial charge in [0.25, 0.3) is 0 Å². The normalized spacial score (nSPS) is 12.4. The van der Waals surface area contributed by atoms with E-state index in [1.807, 2.05) is 31.3 Å². The van der Waals surface area contributed by atoms with Crippen LogP contribution in [0.25, 0.3) is 0 Å². The maximum Gasteiger partial charge on any atom is 0.126 e. The fourth-order valence-corrected chi connectivity index (χ4v) is 2.43. The lowest BCUT2D eigenvalue weighted by Gasteiger charge is -2.17. The Morgan fingerprint density at radius 2 is 1.70 bits per heavy atom. The van der Waals surface area contributed by atoms with Gasteiger partial charge in [-0.15, -0.1) is 0 Å². The Balaban J connectivity index is 2.11. The third-order valence-electron chi connectivity index (χ3n) is 3.24. The molecule has 2 aromatic rings. The van der Waals surface area contributed by atoms with Crippen LogP contribution in [0.1, 0.15) is 11.1 Å². The molecule has 0 amide bonds. The Hall–Kier alpha value is -1.45. The van der Waals surface area contributed by atoms with Gasteiger partial charge in [0.15, 0.2) is 0 Å². The van der Waals surface area contributed by atoms with E-state index in [0.29, 0.717) is 23.4 Å². The van der Waals surface area contributed by atoms with Crippen LogP contribution < -0.4 is 5.32 Å². The first-order chi connectivity index (χ1) is 9.58. The molecule has 2 aromatic carbocycles. The lowest BCUT2D eigenvalue weighted by molar-refractivity contribution is 0.543. The van der Waals surface area contributed by atoms with Gasteiger partial charge in [-0.25, -0.2) is 8.78 Å². The summed E-state index contributed by atoms with van der Waals surface area (Å²) in [6, 6.07) is 11.3. The van der Waals surface area contributed by atoms with Crippen LogP contribution >= 0.6 is 11.6 Å². The average Bonchev–Trinajstić information content (AvgIpc) is 2.39. The van der Waals surface area contributed by atoms with Crippen LogP contribution in [0.3, 0.4) is 0 Å². The molecule has 4 heteroatoms. The van der Waals surface area contributed by atoms with Gasteiger partial charge in [0.1, 0.15) is 11.6 Å². The minimum Gasteiger partial charge on any atom is -0.316 e. The van der Waals surface area contributed by atoms with Crippen LogP contribution in [-0.4, -0.2) is 13.1 Å². The Labute approximate surface area is 122 Å². The number of nitrogens with one attached hydrogen (secondary N) is 1. The third kappa shape index (κ3) is 4.02. The smallest absolute Gasteiger partial charge is 0.126 e. The topological polar surface area (TPSA) is 12.0 Å². The van der Waals surface area contributed by atoms with E-state index in [0.717, 1.165) is 11.6 Å². The molecular weight excluding hydrogens is 280 g/mol. The van der Waals surface area contributed by atoms with E-state index in [2.05, 4.69) is 5.32 Å². The number of rotatable bonds is 5. The molecule has 0 aliphatic rings. The molecule has 0 heterocycles. The molecule has 0 aliphatic carbocycles. The molecule has 0 spiro atoms. The lowest BCUT2D eigenvalue weighted by atomic mass is 9.99. The van der Waals surface area contributed by atoms with Crippen LogP contribution in [0, 0.1) is 11.6 Å². The van der Waals surface area contributed by atoms with E-state index in [1.54, 1.807) is 0 Å². The molecule has 0 aliphatic heterocycles. The van der Waals surface area contributed by atoms with Crippen molar-refractivity contribution in [3.63, 3.8) is 0 Å². The summed E-state index contributed by atoms with van der Waals surface area (Å²) in [5.41, 5.74) is 1.65. The molecule has 1 atom stereocenters. The first kappa shape index (κ1) is 14.9. The van der Waals surface area contributed by atoms with Gasteiger partial charge >= 0.3 is 0 Å². The maximum atomic E-state index is 13.2. The summed E-state index contributed by atoms with van der Waals surface area (Å²) in [5.74, 6) is -1.10. The second-order valence-electron chi connectivity index (χ2n) is 4.76. The SMILES string of the molecule is CNC(Cc1cc(F)cc(F)c1)Cc1ccccc1Cl. The van der Waals surface area contributed by atoms with Crippen molar-refractivity contribution in [2.45, 2.75) is 18.9 Å². The Morgan fingerprint density at radius 3 is 2.30 bits per heavy atom. The number of hydrogen-bond donors (Lipinski definition) is 1. The van der Waals surface area contributed by atoms with Gasteiger partial charge in [-0.1, -0.05) is 29.8 Å². The third-order valence-corrected chi connectivity index (χ3v) is 3.61. The van der Waals surface area contributed by atoms with Gasteiger partial charge in [-0.2, -0.15) is 0 Å². The number of likely N-dealkylation sites (N-methyl/N-ethyl adjacent to an activating group) is 1. The fraction of sp³-hybridized carbons (Fsp3) is 0.250. The molecule has 0 saturated heterocycles. The molecule has 106 valence electrons. The zero-order chi connectivity index (χ0) is 14.5. The largest absolute Gasteiger partial charge is 0.316 e. The molecule has 1 unspecified atom stereocenters. The van der Waals surface area contributed by atoms with Crippen molar-refractivity contribution in [2.75, 3.05) is 7.05 Å². The zero-order valence-corrected chi connectivity index (χ0v) is 11.9. The zero-order valence-electron chi connectivity index (χ0n) is 11.2. The van der Waals surface area contributed by atoms with Crippen LogP contribution in [-0.2, 0) is 12.8 Å². The summed E-state index contributed by atoms with van der Waals surface area (Å²) in [6.07, 6.45) is 1.24. The van der Waals surface area contributed by atoms with Gasteiger partial charge in [-0.05, 0) is 49.2 Å². The van der Waals surface area contributed by atoms with Crippen molar-refractivity contribution >= 4 is 11.6 Å². The summed E-state index contributed by atoms with van der Waals surface area (Å²) in [4.78, 5) is 0. The molecule has 20 heavy (non-hydrogen) atoms. The summed E-state index contributed by atoms with van der Waals surface area (Å²) < 4.78 is 26.4. The Morgan fingerprint density at radius 1 is 1.05 bits per heavy atom. The first-order valence-corrected chi connectivity index (χ1v) is 6.82. The predicted octanol–water partition coefficient (Wildman–Crippen LogP) is 3.99. The highest BCUT2D eigenvalue weighted by atomic mass is 35.5. The quantitative estimate of drug-likeness (QED) is 0.879. The van der Waals surface area contributed by atoms with Crippen molar-refractivity contribution in [3.8, 4) is 0 Å². The van der Waals surface area contributed by atoms with Crippen molar-refractivity contribution in [1.82, 2.24) is 5.32 Å². The Bertz CT molecular complexity index is 566. The van der Waals surface area contributed by atoms with E-state index < -0.39 is 11.6 Å². The molecule has 0 aromatic heterocycles. The molecule has 0 bridgehead atoms. The molecule has 0 saturated carbocycles. The summed E-state index contributed by atoms with van der Waals surface area (Å²) in [6.45, 7) is 0. The van der Waals surface area contributed by atoms with E-state index >= 15 is 0 Å². The van der Waals surface area contributed by atoms with E-state index in [4.69, 9.17) is 11.6 Å². The van der Waals surface area contributed by atoms with Gasteiger partial charge < -0.3 is 5.32 Å². The second kappa shape index (κ2) is 6.82. The van der Waals surface area contributed by atoms with Crippen molar-refractivity contribution < 1.29 is 8.78 Å². The van der Waals surface area contributed by atoms with Crippen molar-refractivity contribution in [3.05, 3.63) is 70.2 Å².